The number of pyridine rings is 1. The van der Waals surface area contributed by atoms with Crippen molar-refractivity contribution in [3.8, 4) is 22.3 Å². The average molecular weight is 769 g/mol. The second-order valence-corrected chi connectivity index (χ2v) is 16.5. The van der Waals surface area contributed by atoms with Gasteiger partial charge in [0.1, 0.15) is 0 Å². The first kappa shape index (κ1) is 33.8. The molecule has 59 heavy (non-hydrogen) atoms. The molecule has 0 saturated carbocycles. The van der Waals surface area contributed by atoms with Gasteiger partial charge < -0.3 is 4.90 Å². The number of benzene rings is 9. The third-order valence-corrected chi connectivity index (χ3v) is 13.6. The van der Waals surface area contributed by atoms with E-state index in [0.717, 1.165) is 38.7 Å². The third-order valence-electron chi connectivity index (χ3n) is 12.4. The summed E-state index contributed by atoms with van der Waals surface area (Å²) in [5.41, 5.74) is 13.8. The largest absolute Gasteiger partial charge is 0.310 e. The van der Waals surface area contributed by atoms with Crippen molar-refractivity contribution in [2.45, 2.75) is 5.41 Å². The quantitative estimate of drug-likeness (QED) is 0.157. The summed E-state index contributed by atoms with van der Waals surface area (Å²) in [5.74, 6) is 0. The van der Waals surface area contributed by atoms with Gasteiger partial charge in [-0.1, -0.05) is 164 Å². The lowest BCUT2D eigenvalue weighted by atomic mass is 9.67. The molecule has 0 saturated heterocycles. The standard InChI is InChI=1S/C56H36N2S/c1-2-16-39(17-3-1)56(50-27-9-6-21-45(50)46-22-7-10-28-51(46)56)40-18-12-19-42(36-40)58(52-35-38-15-4-5-20-43(38)54-49(52)26-14-34-57-54)41-32-30-37(31-33-41)44-24-13-25-48-47-23-8-11-29-53(47)59-55(44)48/h1-36H. The van der Waals surface area contributed by atoms with Crippen LogP contribution in [0.2, 0.25) is 0 Å². The van der Waals surface area contributed by atoms with E-state index in [-0.39, 0.29) is 0 Å². The number of hydrogen-bond donors (Lipinski definition) is 0. The van der Waals surface area contributed by atoms with E-state index in [0.29, 0.717) is 0 Å². The Kier molecular flexibility index (Phi) is 7.66. The fraction of sp³-hybridized carbons (Fsp3) is 0.0179. The fourth-order valence-electron chi connectivity index (χ4n) is 9.86. The molecule has 3 heteroatoms. The monoisotopic (exact) mass is 768 g/mol. The van der Waals surface area contributed by atoms with Gasteiger partial charge in [-0.05, 0) is 98.4 Å². The number of fused-ring (bicyclic) bond motifs is 9. The molecule has 1 aliphatic carbocycles. The Bertz CT molecular complexity index is 3350. The number of rotatable bonds is 6. The lowest BCUT2D eigenvalue weighted by Gasteiger charge is -2.35. The molecule has 0 fully saturated rings. The topological polar surface area (TPSA) is 16.1 Å². The lowest BCUT2D eigenvalue weighted by molar-refractivity contribution is 0.768. The molecule has 2 nitrogen and oxygen atoms in total. The molecule has 9 aromatic carbocycles. The molecule has 0 bridgehead atoms. The van der Waals surface area contributed by atoms with Gasteiger partial charge in [0, 0.05) is 48.5 Å². The van der Waals surface area contributed by atoms with E-state index in [4.69, 9.17) is 4.98 Å². The molecular weight excluding hydrogens is 733 g/mol. The predicted molar refractivity (Wildman–Crippen MR) is 250 cm³/mol. The molecule has 1 aliphatic rings. The minimum absolute atomic E-state index is 0.518. The number of anilines is 3. The van der Waals surface area contributed by atoms with Gasteiger partial charge in [0.15, 0.2) is 0 Å². The first-order valence-electron chi connectivity index (χ1n) is 20.2. The molecule has 0 aliphatic heterocycles. The van der Waals surface area contributed by atoms with Crippen LogP contribution in [0, 0.1) is 0 Å². The molecule has 0 atom stereocenters. The molecule has 12 rings (SSSR count). The summed E-state index contributed by atoms with van der Waals surface area (Å²) < 4.78 is 2.64. The number of nitrogens with zero attached hydrogens (tertiary/aromatic N) is 2. The van der Waals surface area contributed by atoms with Crippen molar-refractivity contribution < 1.29 is 0 Å². The van der Waals surface area contributed by atoms with Crippen molar-refractivity contribution in [1.29, 1.82) is 0 Å². The molecule has 276 valence electrons. The van der Waals surface area contributed by atoms with Crippen molar-refractivity contribution in [1.82, 2.24) is 4.98 Å². The fourth-order valence-corrected chi connectivity index (χ4v) is 11.1. The van der Waals surface area contributed by atoms with Crippen LogP contribution in [-0.4, -0.2) is 4.98 Å². The zero-order valence-electron chi connectivity index (χ0n) is 32.1. The van der Waals surface area contributed by atoms with E-state index in [9.17, 15) is 0 Å². The predicted octanol–water partition coefficient (Wildman–Crippen LogP) is 15.3. The Labute approximate surface area is 346 Å². The van der Waals surface area contributed by atoms with E-state index in [2.05, 4.69) is 217 Å². The summed E-state index contributed by atoms with van der Waals surface area (Å²) in [7, 11) is 0. The zero-order chi connectivity index (χ0) is 38.9. The van der Waals surface area contributed by atoms with Crippen LogP contribution in [0.1, 0.15) is 22.3 Å². The summed E-state index contributed by atoms with van der Waals surface area (Å²) >= 11 is 1.87. The number of aromatic nitrogens is 1. The van der Waals surface area contributed by atoms with Crippen LogP contribution >= 0.6 is 11.3 Å². The minimum atomic E-state index is -0.518. The first-order valence-corrected chi connectivity index (χ1v) is 21.0. The molecule has 0 N–H and O–H groups in total. The molecule has 0 spiro atoms. The van der Waals surface area contributed by atoms with Gasteiger partial charge >= 0.3 is 0 Å². The Hall–Kier alpha value is -7.33. The van der Waals surface area contributed by atoms with Gasteiger partial charge in [-0.3, -0.25) is 4.98 Å². The van der Waals surface area contributed by atoms with Crippen molar-refractivity contribution >= 4 is 70.2 Å². The van der Waals surface area contributed by atoms with Crippen LogP contribution in [0.15, 0.2) is 219 Å². The van der Waals surface area contributed by atoms with Gasteiger partial charge in [-0.25, -0.2) is 0 Å². The van der Waals surface area contributed by atoms with E-state index in [1.54, 1.807) is 0 Å². The van der Waals surface area contributed by atoms with Gasteiger partial charge in [0.2, 0.25) is 0 Å². The molecule has 2 heterocycles. The molecule has 2 aromatic heterocycles. The van der Waals surface area contributed by atoms with Gasteiger partial charge in [-0.2, -0.15) is 0 Å². The van der Waals surface area contributed by atoms with Crippen LogP contribution in [-0.2, 0) is 5.41 Å². The van der Waals surface area contributed by atoms with Crippen LogP contribution in [0.3, 0.4) is 0 Å². The number of thiophene rings is 1. The van der Waals surface area contributed by atoms with E-state index >= 15 is 0 Å². The van der Waals surface area contributed by atoms with Gasteiger partial charge in [-0.15, -0.1) is 11.3 Å². The van der Waals surface area contributed by atoms with Crippen molar-refractivity contribution in [2.75, 3.05) is 4.90 Å². The van der Waals surface area contributed by atoms with Crippen LogP contribution in [0.25, 0.3) is 64.1 Å². The highest BCUT2D eigenvalue weighted by Crippen LogP contribution is 2.57. The van der Waals surface area contributed by atoms with Crippen molar-refractivity contribution in [3.63, 3.8) is 0 Å². The second-order valence-electron chi connectivity index (χ2n) is 15.4. The van der Waals surface area contributed by atoms with Crippen molar-refractivity contribution in [3.05, 3.63) is 241 Å². The van der Waals surface area contributed by atoms with E-state index in [1.165, 1.54) is 64.7 Å². The van der Waals surface area contributed by atoms with E-state index in [1.807, 2.05) is 17.5 Å². The first-order chi connectivity index (χ1) is 29.3. The highest BCUT2D eigenvalue weighted by molar-refractivity contribution is 7.26. The lowest BCUT2D eigenvalue weighted by Crippen LogP contribution is -2.28. The van der Waals surface area contributed by atoms with E-state index < -0.39 is 5.41 Å². The Morgan fingerprint density at radius 1 is 0.424 bits per heavy atom. The van der Waals surface area contributed by atoms with Gasteiger partial charge in [0.25, 0.3) is 0 Å². The SMILES string of the molecule is c1ccc(C2(c3cccc(N(c4ccc(-c5cccc6c5sc5ccccc56)cc4)c4cc5ccccc5c5ncccc45)c3)c3ccccc3-c3ccccc32)cc1. The molecular formula is C56H36N2S. The summed E-state index contributed by atoms with van der Waals surface area (Å²) in [6, 6.07) is 78.0. The third kappa shape index (κ3) is 5.08. The molecule has 0 unspecified atom stereocenters. The molecule has 11 aromatic rings. The maximum atomic E-state index is 5.00. The van der Waals surface area contributed by atoms with Crippen LogP contribution in [0.4, 0.5) is 17.1 Å². The summed E-state index contributed by atoms with van der Waals surface area (Å²) in [4.78, 5) is 7.44. The molecule has 0 amide bonds. The maximum absolute atomic E-state index is 5.00. The minimum Gasteiger partial charge on any atom is -0.310 e. The average Bonchev–Trinajstić information content (AvgIpc) is 3.84. The van der Waals surface area contributed by atoms with Crippen LogP contribution < -0.4 is 4.90 Å². The van der Waals surface area contributed by atoms with Crippen molar-refractivity contribution in [2.24, 2.45) is 0 Å². The summed E-state index contributed by atoms with van der Waals surface area (Å²) in [6.45, 7) is 0. The molecule has 0 radical (unpaired) electrons. The highest BCUT2D eigenvalue weighted by Gasteiger charge is 2.46. The smallest absolute Gasteiger partial charge is 0.0801 e. The Morgan fingerprint density at radius 2 is 1.05 bits per heavy atom. The Morgan fingerprint density at radius 3 is 1.86 bits per heavy atom. The van der Waals surface area contributed by atoms with Gasteiger partial charge in [0.05, 0.1) is 16.6 Å². The zero-order valence-corrected chi connectivity index (χ0v) is 32.9. The van der Waals surface area contributed by atoms with Crippen LogP contribution in [0.5, 0.6) is 0 Å². The summed E-state index contributed by atoms with van der Waals surface area (Å²) in [5, 5.41) is 6.03. The second kappa shape index (κ2) is 13.4. The highest BCUT2D eigenvalue weighted by atomic mass is 32.1. The maximum Gasteiger partial charge on any atom is 0.0801 e. The number of hydrogen-bond acceptors (Lipinski definition) is 3. The Balaban J connectivity index is 1.10. The normalized spacial score (nSPS) is 12.9. The summed E-state index contributed by atoms with van der Waals surface area (Å²) in [6.07, 6.45) is 1.91.